The number of nitrogens with one attached hydrogen (secondary N) is 1. The average molecular weight is 513 g/mol. The lowest BCUT2D eigenvalue weighted by atomic mass is 10.1. The highest BCUT2D eigenvalue weighted by molar-refractivity contribution is 5.79. The molecule has 198 valence electrons. The maximum Gasteiger partial charge on any atom is 0.410 e. The quantitative estimate of drug-likeness (QED) is 0.514. The average Bonchev–Trinajstić information content (AvgIpc) is 3.46. The van der Waals surface area contributed by atoms with E-state index in [2.05, 4.69) is 25.8 Å². The van der Waals surface area contributed by atoms with Gasteiger partial charge in [0, 0.05) is 20.1 Å². The first-order valence-electron chi connectivity index (χ1n) is 12.1. The van der Waals surface area contributed by atoms with E-state index in [4.69, 9.17) is 9.57 Å². The minimum atomic E-state index is -0.599. The summed E-state index contributed by atoms with van der Waals surface area (Å²) in [4.78, 5) is 50.3. The summed E-state index contributed by atoms with van der Waals surface area (Å²) < 4.78 is 7.87. The van der Waals surface area contributed by atoms with Gasteiger partial charge in [0.15, 0.2) is 12.3 Å². The Hall–Kier alpha value is -4.03. The summed E-state index contributed by atoms with van der Waals surface area (Å²) in [5.41, 5.74) is 1.66. The smallest absolute Gasteiger partial charge is 0.410 e. The number of hydrogen-bond donors (Lipinski definition) is 1. The van der Waals surface area contributed by atoms with Crippen LogP contribution >= 0.6 is 0 Å². The molecule has 0 radical (unpaired) electrons. The summed E-state index contributed by atoms with van der Waals surface area (Å²) in [6.45, 7) is 9.70. The Morgan fingerprint density at radius 1 is 1.19 bits per heavy atom. The fourth-order valence-corrected chi connectivity index (χ4v) is 4.13. The Kier molecular flexibility index (Phi) is 7.14. The van der Waals surface area contributed by atoms with E-state index in [1.54, 1.807) is 18.0 Å². The van der Waals surface area contributed by atoms with Crippen LogP contribution in [0.2, 0.25) is 0 Å². The van der Waals surface area contributed by atoms with Crippen LogP contribution in [0.3, 0.4) is 0 Å². The fourth-order valence-electron chi connectivity index (χ4n) is 4.13. The van der Waals surface area contributed by atoms with Gasteiger partial charge in [0.2, 0.25) is 5.82 Å². The third kappa shape index (κ3) is 5.70. The van der Waals surface area contributed by atoms with Crippen molar-refractivity contribution in [3.63, 3.8) is 0 Å². The number of ether oxygens (including phenoxy) is 1. The zero-order valence-electron chi connectivity index (χ0n) is 21.9. The minimum Gasteiger partial charge on any atom is -0.444 e. The van der Waals surface area contributed by atoms with Crippen LogP contribution in [0.1, 0.15) is 44.7 Å². The predicted molar refractivity (Wildman–Crippen MR) is 134 cm³/mol. The second-order valence-electron chi connectivity index (χ2n) is 10.2. The lowest BCUT2D eigenvalue weighted by Crippen LogP contribution is -2.46. The van der Waals surface area contributed by atoms with Gasteiger partial charge in [0.1, 0.15) is 11.1 Å². The van der Waals surface area contributed by atoms with E-state index in [1.165, 1.54) is 4.68 Å². The van der Waals surface area contributed by atoms with Gasteiger partial charge in [0.05, 0.1) is 11.6 Å². The lowest BCUT2D eigenvalue weighted by molar-refractivity contribution is -0.126. The first kappa shape index (κ1) is 26.0. The Labute approximate surface area is 213 Å². The highest BCUT2D eigenvalue weighted by Gasteiger charge is 2.32. The van der Waals surface area contributed by atoms with Crippen molar-refractivity contribution in [3.8, 4) is 11.5 Å². The van der Waals surface area contributed by atoms with Crippen molar-refractivity contribution >= 4 is 23.0 Å². The molecule has 3 aromatic rings. The van der Waals surface area contributed by atoms with Gasteiger partial charge in [-0.3, -0.25) is 9.59 Å². The molecule has 1 aliphatic heterocycles. The van der Waals surface area contributed by atoms with E-state index in [1.807, 2.05) is 40.7 Å². The summed E-state index contributed by atoms with van der Waals surface area (Å²) >= 11 is 0. The normalized spacial score (nSPS) is 15.7. The maximum atomic E-state index is 13.3. The van der Waals surface area contributed by atoms with Gasteiger partial charge in [-0.05, 0) is 81.1 Å². The number of nitrogens with zero attached hydrogens (tertiary/aromatic N) is 7. The molecule has 3 heterocycles. The van der Waals surface area contributed by atoms with Gasteiger partial charge < -0.3 is 19.8 Å². The Morgan fingerprint density at radius 3 is 2.59 bits per heavy atom. The van der Waals surface area contributed by atoms with Crippen molar-refractivity contribution in [1.29, 1.82) is 0 Å². The number of amides is 2. The van der Waals surface area contributed by atoms with Crippen LogP contribution in [-0.2, 0) is 16.6 Å². The minimum absolute atomic E-state index is 0.00243. The van der Waals surface area contributed by atoms with Gasteiger partial charge in [-0.25, -0.2) is 14.5 Å². The molecule has 1 N–H and O–H groups in total. The topological polar surface area (TPSA) is 146 Å². The first-order valence-corrected chi connectivity index (χ1v) is 12.1. The van der Waals surface area contributed by atoms with Gasteiger partial charge in [0.25, 0.3) is 5.91 Å². The molecule has 1 aliphatic rings. The number of fused-ring (bicyclic) bond motifs is 1. The van der Waals surface area contributed by atoms with Gasteiger partial charge in [-0.2, -0.15) is 0 Å². The van der Waals surface area contributed by atoms with E-state index in [0.717, 1.165) is 28.7 Å². The van der Waals surface area contributed by atoms with E-state index in [0.29, 0.717) is 17.6 Å². The zero-order chi connectivity index (χ0) is 26.9. The first-order chi connectivity index (χ1) is 17.4. The number of aryl methyl sites for hydroxylation is 3. The molecule has 0 unspecified atom stereocenters. The summed E-state index contributed by atoms with van der Waals surface area (Å²) in [5, 5.41) is 14.1. The number of hydrogen-bond acceptors (Lipinski definition) is 9. The van der Waals surface area contributed by atoms with E-state index in [9.17, 15) is 14.4 Å². The van der Waals surface area contributed by atoms with Crippen molar-refractivity contribution in [3.05, 3.63) is 33.6 Å². The zero-order valence-corrected chi connectivity index (χ0v) is 21.9. The number of tetrazole rings is 1. The van der Waals surface area contributed by atoms with Crippen LogP contribution < -0.4 is 15.7 Å². The molecule has 4 rings (SSSR count). The molecule has 1 fully saturated rings. The number of rotatable bonds is 6. The Morgan fingerprint density at radius 2 is 1.92 bits per heavy atom. The molecule has 13 heteroatoms. The molecule has 1 atom stereocenters. The molecule has 2 aromatic heterocycles. The second-order valence-corrected chi connectivity index (χ2v) is 10.2. The highest BCUT2D eigenvalue weighted by Crippen LogP contribution is 2.21. The number of carbonyl (C=O) groups excluding carboxylic acids is 2. The molecule has 0 saturated carbocycles. The van der Waals surface area contributed by atoms with Crippen LogP contribution in [-0.4, -0.2) is 78.2 Å². The third-order valence-electron chi connectivity index (χ3n) is 6.13. The van der Waals surface area contributed by atoms with Crippen molar-refractivity contribution in [2.75, 3.05) is 19.7 Å². The van der Waals surface area contributed by atoms with Gasteiger partial charge in [-0.15, -0.1) is 9.83 Å². The van der Waals surface area contributed by atoms with E-state index >= 15 is 0 Å². The summed E-state index contributed by atoms with van der Waals surface area (Å²) in [6, 6.07) is 3.44. The lowest BCUT2D eigenvalue weighted by Gasteiger charge is -2.28. The molecule has 1 saturated heterocycles. The Bertz CT molecular complexity index is 1390. The van der Waals surface area contributed by atoms with E-state index < -0.39 is 29.8 Å². The molecule has 37 heavy (non-hydrogen) atoms. The molecule has 0 aliphatic carbocycles. The van der Waals surface area contributed by atoms with Gasteiger partial charge >= 0.3 is 11.7 Å². The van der Waals surface area contributed by atoms with Crippen LogP contribution in [0.25, 0.3) is 22.6 Å². The number of benzene rings is 1. The van der Waals surface area contributed by atoms with Crippen LogP contribution in [0.5, 0.6) is 0 Å². The molecule has 2 amide bonds. The molecular formula is C24H32N8O5. The second kappa shape index (κ2) is 10.1. The molecule has 0 spiro atoms. The van der Waals surface area contributed by atoms with Crippen LogP contribution in [0, 0.1) is 13.8 Å². The van der Waals surface area contributed by atoms with Gasteiger partial charge in [-0.1, -0.05) is 0 Å². The standard InChI is InChI=1S/C24H32N8O5/c1-14-10-17-18(11-15(14)2)32(22(34)20(26-17)21-27-28-29-30(21)6)36-13-19(33)25-12-16-8-7-9-31(16)23(35)37-24(3,4)5/h10-11,16H,7-9,12-13H2,1-6H3,(H,25,33)/t16-/m0/s1. The highest BCUT2D eigenvalue weighted by atomic mass is 16.7. The maximum absolute atomic E-state index is 13.3. The molecule has 1 aromatic carbocycles. The SMILES string of the molecule is Cc1cc2nc(-c3nnnn3C)c(=O)n(OCC(=O)NC[C@@H]3CCCN3C(=O)OC(C)(C)C)c2cc1C. The number of aromatic nitrogens is 6. The van der Waals surface area contributed by atoms with Crippen molar-refractivity contribution < 1.29 is 19.2 Å². The van der Waals surface area contributed by atoms with Crippen LogP contribution in [0.4, 0.5) is 4.79 Å². The number of likely N-dealkylation sites (tertiary alicyclic amines) is 1. The summed E-state index contributed by atoms with van der Waals surface area (Å²) in [7, 11) is 1.60. The fraction of sp³-hybridized carbons (Fsp3) is 0.542. The monoisotopic (exact) mass is 512 g/mol. The summed E-state index contributed by atoms with van der Waals surface area (Å²) in [6.07, 6.45) is 1.18. The summed E-state index contributed by atoms with van der Waals surface area (Å²) in [5.74, 6) is -0.256. The van der Waals surface area contributed by atoms with E-state index in [-0.39, 0.29) is 24.1 Å². The predicted octanol–water partition coefficient (Wildman–Crippen LogP) is 1.15. The molecule has 13 nitrogen and oxygen atoms in total. The van der Waals surface area contributed by atoms with Crippen LogP contribution in [0.15, 0.2) is 16.9 Å². The molecular weight excluding hydrogens is 480 g/mol. The largest absolute Gasteiger partial charge is 0.444 e. The third-order valence-corrected chi connectivity index (χ3v) is 6.13. The Balaban J connectivity index is 1.50. The number of carbonyl (C=O) groups is 2. The van der Waals surface area contributed by atoms with Crippen molar-refractivity contribution in [2.45, 2.75) is 59.1 Å². The molecule has 0 bridgehead atoms. The van der Waals surface area contributed by atoms with Crippen molar-refractivity contribution in [1.82, 2.24) is 40.1 Å². The van der Waals surface area contributed by atoms with Crippen molar-refractivity contribution in [2.24, 2.45) is 7.05 Å².